The summed E-state index contributed by atoms with van der Waals surface area (Å²) in [6, 6.07) is 10.8. The summed E-state index contributed by atoms with van der Waals surface area (Å²) in [6.07, 6.45) is -0.187. The quantitative estimate of drug-likeness (QED) is 0.769. The molecule has 2 saturated heterocycles. The molecule has 0 radical (unpaired) electrons. The van der Waals surface area contributed by atoms with E-state index in [-0.39, 0.29) is 36.4 Å². The summed E-state index contributed by atoms with van der Waals surface area (Å²) in [5, 5.41) is 3.51. The second-order valence-electron chi connectivity index (χ2n) is 6.42. The molecule has 25 heavy (non-hydrogen) atoms. The van der Waals surface area contributed by atoms with Gasteiger partial charge in [-0.15, -0.1) is 0 Å². The Hall–Kier alpha value is -2.02. The SMILES string of the molecule is O=C1CC(c2ccc(F)cc2F)C2C(NNC2c2ccc(Cl)cc2)N1. The van der Waals surface area contributed by atoms with Gasteiger partial charge < -0.3 is 5.32 Å². The van der Waals surface area contributed by atoms with E-state index in [1.165, 1.54) is 12.1 Å². The van der Waals surface area contributed by atoms with Gasteiger partial charge in [-0.3, -0.25) is 4.79 Å². The summed E-state index contributed by atoms with van der Waals surface area (Å²) in [7, 11) is 0. The second-order valence-corrected chi connectivity index (χ2v) is 6.85. The molecule has 2 heterocycles. The fourth-order valence-corrected chi connectivity index (χ4v) is 3.95. The Morgan fingerprint density at radius 1 is 1.04 bits per heavy atom. The minimum atomic E-state index is -0.630. The highest BCUT2D eigenvalue weighted by atomic mass is 35.5. The van der Waals surface area contributed by atoms with Crippen LogP contribution in [0.1, 0.15) is 29.5 Å². The second kappa shape index (κ2) is 6.37. The molecule has 2 aromatic carbocycles. The molecule has 130 valence electrons. The molecule has 1 amide bonds. The summed E-state index contributed by atoms with van der Waals surface area (Å²) in [6.45, 7) is 0. The third-order valence-corrected chi connectivity index (χ3v) is 5.19. The molecular formula is C18H16ClF2N3O. The van der Waals surface area contributed by atoms with Crippen molar-refractivity contribution in [3.05, 3.63) is 70.2 Å². The number of benzene rings is 2. The number of carbonyl (C=O) groups is 1. The van der Waals surface area contributed by atoms with Gasteiger partial charge in [0.15, 0.2) is 0 Å². The fraction of sp³-hybridized carbons (Fsp3) is 0.278. The van der Waals surface area contributed by atoms with E-state index in [0.717, 1.165) is 11.6 Å². The van der Waals surface area contributed by atoms with Crippen molar-refractivity contribution in [1.29, 1.82) is 0 Å². The fourth-order valence-electron chi connectivity index (χ4n) is 3.82. The van der Waals surface area contributed by atoms with E-state index in [1.54, 1.807) is 12.1 Å². The normalized spacial score (nSPS) is 28.5. The molecule has 7 heteroatoms. The van der Waals surface area contributed by atoms with Crippen LogP contribution in [0.2, 0.25) is 5.02 Å². The molecule has 2 aliphatic rings. The lowest BCUT2D eigenvalue weighted by Gasteiger charge is -2.36. The van der Waals surface area contributed by atoms with Crippen LogP contribution in [0.25, 0.3) is 0 Å². The van der Waals surface area contributed by atoms with Crippen LogP contribution in [-0.4, -0.2) is 12.1 Å². The van der Waals surface area contributed by atoms with Gasteiger partial charge in [0.25, 0.3) is 0 Å². The van der Waals surface area contributed by atoms with Gasteiger partial charge in [0.1, 0.15) is 11.6 Å². The summed E-state index contributed by atoms with van der Waals surface area (Å²) < 4.78 is 27.7. The first kappa shape index (κ1) is 16.4. The molecule has 2 fully saturated rings. The summed E-state index contributed by atoms with van der Waals surface area (Å²) in [5.41, 5.74) is 7.59. The van der Waals surface area contributed by atoms with Crippen molar-refractivity contribution in [3.8, 4) is 0 Å². The van der Waals surface area contributed by atoms with Gasteiger partial charge in [-0.05, 0) is 29.3 Å². The molecule has 0 spiro atoms. The van der Waals surface area contributed by atoms with Crippen molar-refractivity contribution in [1.82, 2.24) is 16.2 Å². The van der Waals surface area contributed by atoms with Crippen LogP contribution in [0.5, 0.6) is 0 Å². The average molecular weight is 364 g/mol. The lowest BCUT2D eigenvalue weighted by atomic mass is 9.74. The van der Waals surface area contributed by atoms with Crippen molar-refractivity contribution in [3.63, 3.8) is 0 Å². The van der Waals surface area contributed by atoms with Gasteiger partial charge in [-0.1, -0.05) is 29.8 Å². The van der Waals surface area contributed by atoms with Crippen molar-refractivity contribution in [2.24, 2.45) is 5.92 Å². The number of halogens is 3. The van der Waals surface area contributed by atoms with Crippen LogP contribution in [0, 0.1) is 17.6 Å². The van der Waals surface area contributed by atoms with Crippen LogP contribution >= 0.6 is 11.6 Å². The zero-order chi connectivity index (χ0) is 17.6. The van der Waals surface area contributed by atoms with Crippen molar-refractivity contribution < 1.29 is 13.6 Å². The summed E-state index contributed by atoms with van der Waals surface area (Å²) >= 11 is 5.96. The Morgan fingerprint density at radius 2 is 1.80 bits per heavy atom. The van der Waals surface area contributed by atoms with Crippen molar-refractivity contribution in [2.75, 3.05) is 0 Å². The maximum Gasteiger partial charge on any atom is 0.221 e. The third-order valence-electron chi connectivity index (χ3n) is 4.94. The zero-order valence-corrected chi connectivity index (χ0v) is 13.9. The minimum absolute atomic E-state index is 0.126. The molecule has 3 N–H and O–H groups in total. The van der Waals surface area contributed by atoms with Gasteiger partial charge >= 0.3 is 0 Å². The first-order valence-corrected chi connectivity index (χ1v) is 8.41. The van der Waals surface area contributed by atoms with E-state index >= 15 is 0 Å². The Labute approximate surface area is 148 Å². The van der Waals surface area contributed by atoms with E-state index in [0.29, 0.717) is 10.6 Å². The smallest absolute Gasteiger partial charge is 0.221 e. The predicted octanol–water partition coefficient (Wildman–Crippen LogP) is 3.01. The first-order valence-electron chi connectivity index (χ1n) is 8.04. The average Bonchev–Trinajstić information content (AvgIpc) is 2.99. The van der Waals surface area contributed by atoms with Crippen molar-refractivity contribution in [2.45, 2.75) is 24.5 Å². The highest BCUT2D eigenvalue weighted by Crippen LogP contribution is 2.43. The number of rotatable bonds is 2. The molecule has 0 saturated carbocycles. The highest BCUT2D eigenvalue weighted by molar-refractivity contribution is 6.30. The molecule has 4 atom stereocenters. The number of hydrogen-bond donors (Lipinski definition) is 3. The topological polar surface area (TPSA) is 53.2 Å². The van der Waals surface area contributed by atoms with Crippen LogP contribution in [0.15, 0.2) is 42.5 Å². The van der Waals surface area contributed by atoms with E-state index in [2.05, 4.69) is 16.2 Å². The number of carbonyl (C=O) groups excluding carboxylic acids is 1. The Bertz CT molecular complexity index is 814. The van der Waals surface area contributed by atoms with Gasteiger partial charge in [-0.25, -0.2) is 19.6 Å². The Kier molecular flexibility index (Phi) is 4.19. The largest absolute Gasteiger partial charge is 0.339 e. The highest BCUT2D eigenvalue weighted by Gasteiger charge is 2.47. The number of piperidine rings is 1. The number of amides is 1. The standard InChI is InChI=1S/C18H16ClF2N3O/c19-10-3-1-9(2-4-10)17-16-13(8-15(25)22-18(16)24-23-17)12-6-5-11(20)7-14(12)21/h1-7,13,16-18,23-24H,8H2,(H,22,25). The molecule has 2 aliphatic heterocycles. The lowest BCUT2D eigenvalue weighted by molar-refractivity contribution is -0.125. The van der Waals surface area contributed by atoms with Gasteiger partial charge in [0.2, 0.25) is 5.91 Å². The van der Waals surface area contributed by atoms with Gasteiger partial charge in [0, 0.05) is 29.3 Å². The van der Waals surface area contributed by atoms with E-state index in [9.17, 15) is 13.6 Å². The van der Waals surface area contributed by atoms with E-state index in [1.807, 2.05) is 12.1 Å². The van der Waals surface area contributed by atoms with E-state index < -0.39 is 11.6 Å². The predicted molar refractivity (Wildman–Crippen MR) is 89.6 cm³/mol. The molecular weight excluding hydrogens is 348 g/mol. The minimum Gasteiger partial charge on any atom is -0.339 e. The molecule has 0 bridgehead atoms. The first-order chi connectivity index (χ1) is 12.0. The monoisotopic (exact) mass is 363 g/mol. The summed E-state index contributed by atoms with van der Waals surface area (Å²) in [4.78, 5) is 12.1. The third kappa shape index (κ3) is 3.01. The Morgan fingerprint density at radius 3 is 2.52 bits per heavy atom. The molecule has 4 rings (SSSR count). The molecule has 0 aliphatic carbocycles. The number of fused-ring (bicyclic) bond motifs is 1. The van der Waals surface area contributed by atoms with Gasteiger partial charge in [-0.2, -0.15) is 0 Å². The number of nitrogens with one attached hydrogen (secondary N) is 3. The summed E-state index contributed by atoms with van der Waals surface area (Å²) in [5.74, 6) is -1.92. The molecule has 2 aromatic rings. The maximum atomic E-state index is 14.4. The molecule has 4 unspecified atom stereocenters. The number of hydrogen-bond acceptors (Lipinski definition) is 3. The van der Waals surface area contributed by atoms with Crippen molar-refractivity contribution >= 4 is 17.5 Å². The maximum absolute atomic E-state index is 14.4. The number of hydrazine groups is 1. The van der Waals surface area contributed by atoms with Crippen LogP contribution in [0.3, 0.4) is 0 Å². The van der Waals surface area contributed by atoms with Crippen LogP contribution in [-0.2, 0) is 4.79 Å². The van der Waals surface area contributed by atoms with Crippen LogP contribution < -0.4 is 16.2 Å². The molecule has 4 nitrogen and oxygen atoms in total. The lowest BCUT2D eigenvalue weighted by Crippen LogP contribution is -2.52. The van der Waals surface area contributed by atoms with Crippen LogP contribution in [0.4, 0.5) is 8.78 Å². The zero-order valence-electron chi connectivity index (χ0n) is 13.1. The van der Waals surface area contributed by atoms with Gasteiger partial charge in [0.05, 0.1) is 12.2 Å². The Balaban J connectivity index is 1.73. The molecule has 0 aromatic heterocycles. The van der Waals surface area contributed by atoms with E-state index in [4.69, 9.17) is 11.6 Å².